The number of hydrogen-bond acceptors (Lipinski definition) is 9. The number of nitrogens with zero attached hydrogens (tertiary/aromatic N) is 2. The van der Waals surface area contributed by atoms with Gasteiger partial charge in [0, 0.05) is 6.20 Å². The molecule has 1 aromatic heterocycles. The number of ether oxygens (including phenoxy) is 1. The molecule has 2 heterocycles. The number of nitrogen functional groups attached to an aromatic ring is 1. The van der Waals surface area contributed by atoms with Gasteiger partial charge in [-0.2, -0.15) is 14.4 Å². The summed E-state index contributed by atoms with van der Waals surface area (Å²) < 4.78 is 12.0. The van der Waals surface area contributed by atoms with Crippen LogP contribution in [0.1, 0.15) is 6.42 Å². The van der Waals surface area contributed by atoms with Crippen LogP contribution < -0.4 is 16.5 Å². The Morgan fingerprint density at radius 3 is 2.76 bits per heavy atom. The molecule has 3 atom stereocenters. The Bertz CT molecular complexity index is 703. The van der Waals surface area contributed by atoms with Crippen molar-refractivity contribution < 1.29 is 34.0 Å². The Labute approximate surface area is 141 Å². The maximum Gasteiger partial charge on any atom is 0.371 e. The van der Waals surface area contributed by atoms with Crippen molar-refractivity contribution in [2.45, 2.75) is 25.1 Å². The standard InChI is InChI=1S/C12H17N4O8P/c13-9-1-2-16(12(21)14-9)4-7-5-24-25(22,6-23-7)15-8(11(19)20)3-10(17)18/h1-2,7-8,15,22H,3-6H2,(H3-,13,14,17,18,19,20,21)/p+1/t7-,8-,25?/m0/s1. The highest BCUT2D eigenvalue weighted by atomic mass is 31.2. The Kier molecular flexibility index (Phi) is 6.03. The number of rotatable bonds is 7. The summed E-state index contributed by atoms with van der Waals surface area (Å²) in [6.45, 7) is -0.0168. The molecule has 0 aliphatic carbocycles. The van der Waals surface area contributed by atoms with Crippen molar-refractivity contribution >= 4 is 25.6 Å². The van der Waals surface area contributed by atoms with E-state index < -0.39 is 44.1 Å². The maximum absolute atomic E-state index is 11.7. The van der Waals surface area contributed by atoms with Crippen molar-refractivity contribution in [3.63, 3.8) is 0 Å². The molecule has 0 spiro atoms. The van der Waals surface area contributed by atoms with Gasteiger partial charge in [-0.25, -0.2) is 4.79 Å². The first-order chi connectivity index (χ1) is 11.7. The average molecular weight is 377 g/mol. The monoisotopic (exact) mass is 377 g/mol. The fourth-order valence-electron chi connectivity index (χ4n) is 2.08. The fourth-order valence-corrected chi connectivity index (χ4v) is 3.82. The molecule has 1 aliphatic heterocycles. The van der Waals surface area contributed by atoms with Gasteiger partial charge in [0.05, 0.1) is 13.0 Å². The molecule has 1 unspecified atom stereocenters. The topological polar surface area (TPSA) is 186 Å². The summed E-state index contributed by atoms with van der Waals surface area (Å²) in [5.41, 5.74) is 4.83. The zero-order valence-electron chi connectivity index (χ0n) is 12.9. The molecular formula is C12H18N4O8P+. The minimum Gasteiger partial charge on any atom is -0.481 e. The van der Waals surface area contributed by atoms with Crippen molar-refractivity contribution in [3.05, 3.63) is 22.7 Å². The van der Waals surface area contributed by atoms with E-state index in [-0.39, 0.29) is 25.3 Å². The number of carboxylic acid groups (broad SMARTS) is 2. The Morgan fingerprint density at radius 2 is 2.24 bits per heavy atom. The number of nitrogens with one attached hydrogen (secondary N) is 1. The van der Waals surface area contributed by atoms with Gasteiger partial charge in [0.1, 0.15) is 18.5 Å². The van der Waals surface area contributed by atoms with E-state index >= 15 is 0 Å². The molecule has 0 bridgehead atoms. The second-order valence-electron chi connectivity index (χ2n) is 5.32. The lowest BCUT2D eigenvalue weighted by Crippen LogP contribution is -2.44. The zero-order chi connectivity index (χ0) is 18.6. The first-order valence-corrected chi connectivity index (χ1v) is 8.95. The number of carboxylic acids is 2. The van der Waals surface area contributed by atoms with Crippen molar-refractivity contribution in [1.29, 1.82) is 0 Å². The predicted octanol–water partition coefficient (Wildman–Crippen LogP) is -1.53. The van der Waals surface area contributed by atoms with Crippen LogP contribution in [-0.2, 0) is 25.4 Å². The van der Waals surface area contributed by atoms with Gasteiger partial charge in [0.25, 0.3) is 0 Å². The molecule has 25 heavy (non-hydrogen) atoms. The van der Waals surface area contributed by atoms with Crippen LogP contribution in [0.5, 0.6) is 0 Å². The van der Waals surface area contributed by atoms with E-state index in [1.165, 1.54) is 16.8 Å². The van der Waals surface area contributed by atoms with Crippen LogP contribution in [0.2, 0.25) is 0 Å². The number of nitrogens with two attached hydrogens (primary N) is 1. The molecule has 0 aromatic carbocycles. The van der Waals surface area contributed by atoms with E-state index in [0.29, 0.717) is 0 Å². The summed E-state index contributed by atoms with van der Waals surface area (Å²) in [4.78, 5) is 47.2. The van der Waals surface area contributed by atoms with Gasteiger partial charge < -0.3 is 20.7 Å². The van der Waals surface area contributed by atoms with E-state index in [0.717, 1.165) is 0 Å². The minimum atomic E-state index is -3.43. The van der Waals surface area contributed by atoms with Crippen LogP contribution in [0.15, 0.2) is 17.1 Å². The normalized spacial score (nSPS) is 24.6. The van der Waals surface area contributed by atoms with Crippen LogP contribution in [0.25, 0.3) is 0 Å². The smallest absolute Gasteiger partial charge is 0.371 e. The molecule has 0 saturated carbocycles. The lowest BCUT2D eigenvalue weighted by Gasteiger charge is -2.29. The summed E-state index contributed by atoms with van der Waals surface area (Å²) in [5, 5.41) is 20.0. The van der Waals surface area contributed by atoms with Crippen LogP contribution in [-0.4, -0.2) is 61.7 Å². The zero-order valence-corrected chi connectivity index (χ0v) is 13.8. The van der Waals surface area contributed by atoms with E-state index in [1.54, 1.807) is 0 Å². The van der Waals surface area contributed by atoms with Crippen LogP contribution in [0, 0.1) is 0 Å². The minimum absolute atomic E-state index is 0.0877. The number of hydrogen-bond donors (Lipinski definition) is 5. The van der Waals surface area contributed by atoms with Gasteiger partial charge >= 0.3 is 25.5 Å². The molecule has 138 valence electrons. The lowest BCUT2D eigenvalue weighted by molar-refractivity contribution is -0.145. The summed E-state index contributed by atoms with van der Waals surface area (Å²) in [6.07, 6.45) is -0.210. The molecule has 13 heteroatoms. The highest BCUT2D eigenvalue weighted by Gasteiger charge is 2.48. The quantitative estimate of drug-likeness (QED) is 0.347. The Balaban J connectivity index is 1.94. The van der Waals surface area contributed by atoms with Crippen molar-refractivity contribution in [1.82, 2.24) is 14.6 Å². The highest BCUT2D eigenvalue weighted by Crippen LogP contribution is 2.54. The largest absolute Gasteiger partial charge is 0.481 e. The molecule has 1 saturated heterocycles. The SMILES string of the molecule is Nc1ccn(C[C@H]2CO[P+](O)(N[C@@H](CC(=O)O)C(=O)O)CO2)c(=O)n1. The van der Waals surface area contributed by atoms with Gasteiger partial charge in [-0.1, -0.05) is 0 Å². The molecule has 12 nitrogen and oxygen atoms in total. The molecule has 1 aliphatic rings. The third-order valence-electron chi connectivity index (χ3n) is 3.29. The molecule has 6 N–H and O–H groups in total. The summed E-state index contributed by atoms with van der Waals surface area (Å²) >= 11 is 0. The number of carbonyl (C=O) groups is 2. The van der Waals surface area contributed by atoms with Crippen molar-refractivity contribution in [3.8, 4) is 0 Å². The molecule has 2 rings (SSSR count). The van der Waals surface area contributed by atoms with Gasteiger partial charge in [0.2, 0.25) is 6.35 Å². The first kappa shape index (κ1) is 19.2. The van der Waals surface area contributed by atoms with E-state index in [1.807, 2.05) is 0 Å². The Hall–Kier alpha value is -2.11. The van der Waals surface area contributed by atoms with Crippen LogP contribution in [0.3, 0.4) is 0 Å². The Morgan fingerprint density at radius 1 is 1.52 bits per heavy atom. The number of aliphatic carboxylic acids is 2. The average Bonchev–Trinajstić information content (AvgIpc) is 2.51. The van der Waals surface area contributed by atoms with Crippen molar-refractivity contribution in [2.24, 2.45) is 0 Å². The van der Waals surface area contributed by atoms with Gasteiger partial charge in [-0.05, 0) is 6.07 Å². The molecule has 0 amide bonds. The molecule has 1 aromatic rings. The van der Waals surface area contributed by atoms with Gasteiger partial charge in [0.15, 0.2) is 6.04 Å². The van der Waals surface area contributed by atoms with E-state index in [9.17, 15) is 19.3 Å². The van der Waals surface area contributed by atoms with E-state index in [2.05, 4.69) is 10.1 Å². The second kappa shape index (κ2) is 7.85. The summed E-state index contributed by atoms with van der Waals surface area (Å²) in [7, 11) is -3.43. The van der Waals surface area contributed by atoms with Gasteiger partial charge in [-0.3, -0.25) is 14.2 Å². The lowest BCUT2D eigenvalue weighted by atomic mass is 10.2. The predicted molar refractivity (Wildman–Crippen MR) is 84.6 cm³/mol. The third kappa shape index (κ3) is 5.44. The number of aromatic nitrogens is 2. The number of anilines is 1. The molecular weight excluding hydrogens is 359 g/mol. The van der Waals surface area contributed by atoms with E-state index in [4.69, 9.17) is 25.2 Å². The summed E-state index contributed by atoms with van der Waals surface area (Å²) in [6, 6.07) is -0.0702. The maximum atomic E-state index is 11.7. The first-order valence-electron chi connectivity index (χ1n) is 7.11. The van der Waals surface area contributed by atoms with Crippen LogP contribution >= 0.6 is 7.87 Å². The third-order valence-corrected chi connectivity index (χ3v) is 5.08. The fraction of sp³-hybridized carbons (Fsp3) is 0.500. The molecule has 0 radical (unpaired) electrons. The van der Waals surface area contributed by atoms with Crippen LogP contribution in [0.4, 0.5) is 5.82 Å². The van der Waals surface area contributed by atoms with Crippen molar-refractivity contribution in [2.75, 3.05) is 18.7 Å². The molecule has 1 fully saturated rings. The second-order valence-corrected chi connectivity index (χ2v) is 7.50. The highest BCUT2D eigenvalue weighted by molar-refractivity contribution is 7.63. The van der Waals surface area contributed by atoms with Gasteiger partial charge in [-0.15, -0.1) is 5.09 Å². The summed E-state index contributed by atoms with van der Waals surface area (Å²) in [5.74, 6) is -2.68.